The average molecular weight is 445 g/mol. The Labute approximate surface area is 158 Å². The Morgan fingerprint density at radius 1 is 0.800 bits per heavy atom. The van der Waals surface area contributed by atoms with Crippen molar-refractivity contribution in [1.29, 1.82) is 0 Å². The van der Waals surface area contributed by atoms with E-state index in [4.69, 9.17) is 0 Å². The van der Waals surface area contributed by atoms with E-state index in [-0.39, 0.29) is 0 Å². The molecule has 0 saturated heterocycles. The normalized spacial score (nSPS) is 11.6. The van der Waals surface area contributed by atoms with Gasteiger partial charge in [-0.1, -0.05) is 0 Å². The molecular formula is C22H34N2Sn. The number of hydrogen-bond acceptors (Lipinski definition) is 2. The molecule has 0 aliphatic heterocycles. The number of rotatable bonds is 11. The van der Waals surface area contributed by atoms with Gasteiger partial charge in [0.05, 0.1) is 0 Å². The van der Waals surface area contributed by atoms with E-state index in [1.807, 2.05) is 18.5 Å². The van der Waals surface area contributed by atoms with E-state index in [2.05, 4.69) is 55.1 Å². The van der Waals surface area contributed by atoms with E-state index >= 15 is 0 Å². The average Bonchev–Trinajstić information content (AvgIpc) is 2.68. The SMILES string of the molecule is CCC[CH2][Sn]([CH2]CCC)([CH2]CCC)[c]1cnccc1-c1ccccn1. The molecule has 0 radical (unpaired) electrons. The van der Waals surface area contributed by atoms with Crippen molar-refractivity contribution >= 4 is 22.0 Å². The van der Waals surface area contributed by atoms with Crippen LogP contribution in [-0.4, -0.2) is 28.3 Å². The molecule has 2 nitrogen and oxygen atoms in total. The predicted molar refractivity (Wildman–Crippen MR) is 112 cm³/mol. The second-order valence-electron chi connectivity index (χ2n) is 7.23. The van der Waals surface area contributed by atoms with Crippen LogP contribution in [0.2, 0.25) is 13.3 Å². The first-order valence-electron chi connectivity index (χ1n) is 10.1. The topological polar surface area (TPSA) is 25.8 Å². The zero-order chi connectivity index (χ0) is 18.0. The van der Waals surface area contributed by atoms with Crippen molar-refractivity contribution < 1.29 is 0 Å². The third-order valence-corrected chi connectivity index (χ3v) is 21.0. The van der Waals surface area contributed by atoms with Gasteiger partial charge in [-0.25, -0.2) is 0 Å². The fourth-order valence-corrected chi connectivity index (χ4v) is 20.4. The molecule has 0 aliphatic carbocycles. The van der Waals surface area contributed by atoms with E-state index < -0.39 is 18.4 Å². The fraction of sp³-hybridized carbons (Fsp3) is 0.545. The van der Waals surface area contributed by atoms with Crippen LogP contribution in [0.15, 0.2) is 42.9 Å². The molecule has 3 heteroatoms. The zero-order valence-corrected chi connectivity index (χ0v) is 19.2. The van der Waals surface area contributed by atoms with Gasteiger partial charge in [-0.15, -0.1) is 0 Å². The summed E-state index contributed by atoms with van der Waals surface area (Å²) < 4.78 is 6.04. The molecule has 0 unspecified atom stereocenters. The van der Waals surface area contributed by atoms with Gasteiger partial charge in [-0.05, 0) is 0 Å². The van der Waals surface area contributed by atoms with Gasteiger partial charge in [0.25, 0.3) is 0 Å². The van der Waals surface area contributed by atoms with Gasteiger partial charge in [0, 0.05) is 0 Å². The maximum absolute atomic E-state index is 4.67. The number of nitrogens with zero attached hydrogens (tertiary/aromatic N) is 2. The van der Waals surface area contributed by atoms with Gasteiger partial charge in [0.2, 0.25) is 0 Å². The van der Waals surface area contributed by atoms with E-state index in [0.717, 1.165) is 5.69 Å². The number of unbranched alkanes of at least 4 members (excludes halogenated alkanes) is 3. The van der Waals surface area contributed by atoms with Crippen molar-refractivity contribution in [2.75, 3.05) is 0 Å². The van der Waals surface area contributed by atoms with Crippen LogP contribution in [0.1, 0.15) is 59.3 Å². The molecule has 0 N–H and O–H groups in total. The zero-order valence-electron chi connectivity index (χ0n) is 16.3. The van der Waals surface area contributed by atoms with Gasteiger partial charge in [-0.2, -0.15) is 0 Å². The van der Waals surface area contributed by atoms with Crippen LogP contribution in [0.25, 0.3) is 11.3 Å². The van der Waals surface area contributed by atoms with Crippen molar-refractivity contribution in [2.24, 2.45) is 0 Å². The molecule has 0 aliphatic rings. The van der Waals surface area contributed by atoms with Crippen LogP contribution in [0, 0.1) is 0 Å². The molecule has 2 heterocycles. The molecular weight excluding hydrogens is 411 g/mol. The van der Waals surface area contributed by atoms with Crippen LogP contribution in [0.3, 0.4) is 0 Å². The van der Waals surface area contributed by atoms with Gasteiger partial charge >= 0.3 is 159 Å². The fourth-order valence-electron chi connectivity index (χ4n) is 3.89. The predicted octanol–water partition coefficient (Wildman–Crippen LogP) is 6.20. The van der Waals surface area contributed by atoms with Crippen LogP contribution < -0.4 is 3.58 Å². The van der Waals surface area contributed by atoms with Crippen molar-refractivity contribution in [1.82, 2.24) is 9.97 Å². The van der Waals surface area contributed by atoms with Crippen LogP contribution in [0.4, 0.5) is 0 Å². The maximum atomic E-state index is 4.67. The van der Waals surface area contributed by atoms with E-state index in [1.165, 1.54) is 57.4 Å². The minimum absolute atomic E-state index is 1.13. The molecule has 0 saturated carbocycles. The summed E-state index contributed by atoms with van der Waals surface area (Å²) >= 11 is -2.49. The summed E-state index contributed by atoms with van der Waals surface area (Å²) in [6, 6.07) is 8.49. The second-order valence-corrected chi connectivity index (χ2v) is 20.4. The van der Waals surface area contributed by atoms with Crippen LogP contribution >= 0.6 is 0 Å². The third-order valence-electron chi connectivity index (χ3n) is 5.36. The van der Waals surface area contributed by atoms with Crippen molar-refractivity contribution in [3.63, 3.8) is 0 Å². The molecule has 0 amide bonds. The Hall–Kier alpha value is -0.901. The Kier molecular flexibility index (Phi) is 8.94. The summed E-state index contributed by atoms with van der Waals surface area (Å²) in [6.07, 6.45) is 14.1. The molecule has 0 fully saturated rings. The molecule has 0 atom stereocenters. The Morgan fingerprint density at radius 2 is 1.44 bits per heavy atom. The summed E-state index contributed by atoms with van der Waals surface area (Å²) in [5, 5.41) is 0. The molecule has 136 valence electrons. The van der Waals surface area contributed by atoms with E-state index in [9.17, 15) is 0 Å². The van der Waals surface area contributed by atoms with Gasteiger partial charge in [0.15, 0.2) is 0 Å². The standard InChI is InChI=1S/C10H7N2.3C4H9.Sn/c1-2-6-12-10(3-1)9-4-7-11-8-5-9;3*1-3-4-2;/h1-4,6-8H;3*1,3-4H2,2H3;. The molecule has 0 bridgehead atoms. The summed E-state index contributed by atoms with van der Waals surface area (Å²) in [5.74, 6) is 0. The summed E-state index contributed by atoms with van der Waals surface area (Å²) in [4.78, 5) is 9.26. The van der Waals surface area contributed by atoms with Gasteiger partial charge in [-0.3, -0.25) is 0 Å². The monoisotopic (exact) mass is 446 g/mol. The summed E-state index contributed by atoms with van der Waals surface area (Å²) in [7, 11) is 0. The van der Waals surface area contributed by atoms with E-state index in [0.29, 0.717) is 0 Å². The number of pyridine rings is 2. The Morgan fingerprint density at radius 3 is 1.96 bits per heavy atom. The molecule has 25 heavy (non-hydrogen) atoms. The first kappa shape index (κ1) is 20.4. The molecule has 2 rings (SSSR count). The number of aromatic nitrogens is 2. The van der Waals surface area contributed by atoms with Crippen molar-refractivity contribution in [3.8, 4) is 11.3 Å². The van der Waals surface area contributed by atoms with Crippen LogP contribution in [0.5, 0.6) is 0 Å². The van der Waals surface area contributed by atoms with Gasteiger partial charge in [0.1, 0.15) is 0 Å². The second kappa shape index (κ2) is 10.9. The Balaban J connectivity index is 2.51. The van der Waals surface area contributed by atoms with Gasteiger partial charge < -0.3 is 0 Å². The molecule has 2 aromatic heterocycles. The molecule has 0 spiro atoms. The summed E-state index contributed by atoms with van der Waals surface area (Å²) in [5.41, 5.74) is 2.50. The first-order chi connectivity index (χ1) is 12.3. The van der Waals surface area contributed by atoms with Crippen molar-refractivity contribution in [3.05, 3.63) is 42.9 Å². The quantitative estimate of drug-likeness (QED) is 0.385. The molecule has 0 aromatic carbocycles. The third kappa shape index (κ3) is 5.54. The summed E-state index contributed by atoms with van der Waals surface area (Å²) in [6.45, 7) is 7.00. The number of hydrogen-bond donors (Lipinski definition) is 0. The van der Waals surface area contributed by atoms with Crippen LogP contribution in [-0.2, 0) is 0 Å². The molecule has 2 aromatic rings. The van der Waals surface area contributed by atoms with Crippen molar-refractivity contribution in [2.45, 2.75) is 72.6 Å². The minimum atomic E-state index is -2.49. The van der Waals surface area contributed by atoms with E-state index in [1.54, 1.807) is 3.58 Å². The Bertz CT molecular complexity index is 591. The first-order valence-corrected chi connectivity index (χ1v) is 17.6.